The zero-order valence-electron chi connectivity index (χ0n) is 10.9. The highest BCUT2D eigenvalue weighted by atomic mass is 16.5. The maximum absolute atomic E-state index is 11.9. The van der Waals surface area contributed by atoms with Crippen LogP contribution in [0.15, 0.2) is 48.5 Å². The van der Waals surface area contributed by atoms with Gasteiger partial charge in [-0.3, -0.25) is 4.79 Å². The first-order valence-corrected chi connectivity index (χ1v) is 5.98. The lowest BCUT2D eigenvalue weighted by Gasteiger charge is -2.00. The second kappa shape index (κ2) is 5.93. The Bertz CT molecular complexity index is 622. The summed E-state index contributed by atoms with van der Waals surface area (Å²) in [5, 5.41) is 18.7. The van der Waals surface area contributed by atoms with Crippen molar-refractivity contribution in [2.75, 3.05) is 7.11 Å². The van der Waals surface area contributed by atoms with E-state index >= 15 is 0 Å². The molecule has 0 aliphatic rings. The van der Waals surface area contributed by atoms with Gasteiger partial charge in [-0.05, 0) is 35.9 Å². The Morgan fingerprint density at radius 3 is 2.20 bits per heavy atom. The minimum atomic E-state index is -0.299. The number of hydrogen-bond acceptors (Lipinski definition) is 4. The van der Waals surface area contributed by atoms with Gasteiger partial charge in [0.2, 0.25) is 0 Å². The zero-order valence-corrected chi connectivity index (χ0v) is 10.9. The molecule has 0 amide bonds. The lowest BCUT2D eigenvalue weighted by molar-refractivity contribution is 0.104. The van der Waals surface area contributed by atoms with Crippen molar-refractivity contribution >= 4 is 11.9 Å². The molecule has 20 heavy (non-hydrogen) atoms. The van der Waals surface area contributed by atoms with E-state index in [2.05, 4.69) is 0 Å². The van der Waals surface area contributed by atoms with Gasteiger partial charge in [0.25, 0.3) is 0 Å². The third-order valence-corrected chi connectivity index (χ3v) is 2.73. The van der Waals surface area contributed by atoms with Crippen LogP contribution in [-0.4, -0.2) is 23.1 Å². The molecule has 4 heteroatoms. The molecule has 2 aromatic rings. The van der Waals surface area contributed by atoms with Gasteiger partial charge in [-0.1, -0.05) is 18.2 Å². The van der Waals surface area contributed by atoms with Crippen LogP contribution in [0.2, 0.25) is 0 Å². The summed E-state index contributed by atoms with van der Waals surface area (Å²) in [5.74, 6) is 0.149. The van der Waals surface area contributed by atoms with Crippen LogP contribution in [0.4, 0.5) is 0 Å². The lowest BCUT2D eigenvalue weighted by atomic mass is 10.1. The molecule has 0 unspecified atom stereocenters. The SMILES string of the molecule is COc1ccc(/C=C/C(=O)c2cc(O)cc(O)c2)cc1. The summed E-state index contributed by atoms with van der Waals surface area (Å²) in [6.07, 6.45) is 3.04. The van der Waals surface area contributed by atoms with Crippen LogP contribution in [0.5, 0.6) is 17.2 Å². The predicted molar refractivity (Wildman–Crippen MR) is 76.1 cm³/mol. The van der Waals surface area contributed by atoms with Crippen molar-refractivity contribution in [1.29, 1.82) is 0 Å². The van der Waals surface area contributed by atoms with Crippen molar-refractivity contribution < 1.29 is 19.7 Å². The van der Waals surface area contributed by atoms with Gasteiger partial charge in [0, 0.05) is 11.6 Å². The normalized spacial score (nSPS) is 10.7. The lowest BCUT2D eigenvalue weighted by Crippen LogP contribution is -1.93. The van der Waals surface area contributed by atoms with Crippen molar-refractivity contribution in [3.8, 4) is 17.2 Å². The number of aromatic hydroxyl groups is 2. The number of allylic oxidation sites excluding steroid dienone is 1. The van der Waals surface area contributed by atoms with Crippen LogP contribution in [0.25, 0.3) is 6.08 Å². The first kappa shape index (κ1) is 13.7. The summed E-state index contributed by atoms with van der Waals surface area (Å²) in [5.41, 5.74) is 1.08. The van der Waals surface area contributed by atoms with Crippen molar-refractivity contribution in [1.82, 2.24) is 0 Å². The Balaban J connectivity index is 2.15. The molecule has 0 saturated carbocycles. The van der Waals surface area contributed by atoms with Gasteiger partial charge in [0.15, 0.2) is 5.78 Å². The smallest absolute Gasteiger partial charge is 0.186 e. The molecule has 0 fully saturated rings. The second-order valence-electron chi connectivity index (χ2n) is 4.21. The fourth-order valence-corrected chi connectivity index (χ4v) is 1.72. The summed E-state index contributed by atoms with van der Waals surface area (Å²) >= 11 is 0. The Kier molecular flexibility index (Phi) is 4.05. The number of benzene rings is 2. The van der Waals surface area contributed by atoms with Crippen LogP contribution >= 0.6 is 0 Å². The molecule has 0 spiro atoms. The molecule has 102 valence electrons. The van der Waals surface area contributed by atoms with Crippen molar-refractivity contribution in [3.63, 3.8) is 0 Å². The van der Waals surface area contributed by atoms with Gasteiger partial charge in [-0.25, -0.2) is 0 Å². The van der Waals surface area contributed by atoms with Gasteiger partial charge >= 0.3 is 0 Å². The third-order valence-electron chi connectivity index (χ3n) is 2.73. The average molecular weight is 270 g/mol. The van der Waals surface area contributed by atoms with Gasteiger partial charge in [-0.15, -0.1) is 0 Å². The van der Waals surface area contributed by atoms with Crippen LogP contribution in [-0.2, 0) is 0 Å². The maximum Gasteiger partial charge on any atom is 0.186 e. The Hall–Kier alpha value is -2.75. The first-order valence-electron chi connectivity index (χ1n) is 5.98. The number of carbonyl (C=O) groups excluding carboxylic acids is 1. The van der Waals surface area contributed by atoms with Gasteiger partial charge in [0.05, 0.1) is 7.11 Å². The molecule has 0 radical (unpaired) electrons. The molecule has 0 heterocycles. The van der Waals surface area contributed by atoms with Gasteiger partial charge in [-0.2, -0.15) is 0 Å². The van der Waals surface area contributed by atoms with E-state index in [1.807, 2.05) is 12.1 Å². The fraction of sp³-hybridized carbons (Fsp3) is 0.0625. The summed E-state index contributed by atoms with van der Waals surface area (Å²) in [4.78, 5) is 11.9. The highest BCUT2D eigenvalue weighted by molar-refractivity contribution is 6.07. The molecule has 0 aromatic heterocycles. The molecule has 4 nitrogen and oxygen atoms in total. The minimum Gasteiger partial charge on any atom is -0.508 e. The quantitative estimate of drug-likeness (QED) is 0.662. The zero-order chi connectivity index (χ0) is 14.5. The number of phenolic OH excluding ortho intramolecular Hbond substituents is 2. The largest absolute Gasteiger partial charge is 0.508 e. The van der Waals surface area contributed by atoms with Gasteiger partial charge < -0.3 is 14.9 Å². The number of ketones is 1. The Labute approximate surface area is 116 Å². The van der Waals surface area contributed by atoms with Gasteiger partial charge in [0.1, 0.15) is 17.2 Å². The van der Waals surface area contributed by atoms with E-state index in [0.717, 1.165) is 11.3 Å². The summed E-state index contributed by atoms with van der Waals surface area (Å²) in [6.45, 7) is 0. The van der Waals surface area contributed by atoms with Crippen LogP contribution in [0.3, 0.4) is 0 Å². The van der Waals surface area contributed by atoms with E-state index in [4.69, 9.17) is 4.74 Å². The van der Waals surface area contributed by atoms with Crippen LogP contribution < -0.4 is 4.74 Å². The predicted octanol–water partition coefficient (Wildman–Crippen LogP) is 3.00. The monoisotopic (exact) mass is 270 g/mol. The average Bonchev–Trinajstić information content (AvgIpc) is 2.44. The van der Waals surface area contributed by atoms with Crippen molar-refractivity contribution in [2.45, 2.75) is 0 Å². The van der Waals surface area contributed by atoms with E-state index in [1.165, 1.54) is 24.3 Å². The third kappa shape index (κ3) is 3.38. The number of rotatable bonds is 4. The summed E-state index contributed by atoms with van der Waals surface area (Å²) < 4.78 is 5.04. The fourth-order valence-electron chi connectivity index (χ4n) is 1.72. The molecule has 2 N–H and O–H groups in total. The molecule has 0 aliphatic carbocycles. The molecular weight excluding hydrogens is 256 g/mol. The van der Waals surface area contributed by atoms with E-state index < -0.39 is 0 Å². The second-order valence-corrected chi connectivity index (χ2v) is 4.21. The first-order chi connectivity index (χ1) is 9.58. The van der Waals surface area contributed by atoms with Crippen molar-refractivity contribution in [3.05, 3.63) is 59.7 Å². The highest BCUT2D eigenvalue weighted by Gasteiger charge is 2.05. The van der Waals surface area contributed by atoms with Crippen molar-refractivity contribution in [2.24, 2.45) is 0 Å². The number of hydrogen-bond donors (Lipinski definition) is 2. The minimum absolute atomic E-state index is 0.147. The van der Waals surface area contributed by atoms with E-state index in [9.17, 15) is 15.0 Å². The number of ether oxygens (including phenoxy) is 1. The molecule has 0 bridgehead atoms. The van der Waals surface area contributed by atoms with E-state index in [1.54, 1.807) is 25.3 Å². The summed E-state index contributed by atoms with van der Waals surface area (Å²) in [7, 11) is 1.59. The molecule has 0 aliphatic heterocycles. The Morgan fingerprint density at radius 2 is 1.65 bits per heavy atom. The molecular formula is C16H14O4. The topological polar surface area (TPSA) is 66.8 Å². The van der Waals surface area contributed by atoms with Crippen LogP contribution in [0.1, 0.15) is 15.9 Å². The standard InChI is InChI=1S/C16H14O4/c1-20-15-5-2-11(3-6-15)4-7-16(19)12-8-13(17)10-14(18)9-12/h2-10,17-18H,1H3/b7-4+. The van der Waals surface area contributed by atoms with Crippen LogP contribution in [0, 0.1) is 0 Å². The Morgan fingerprint density at radius 1 is 1.05 bits per heavy atom. The molecule has 2 rings (SSSR count). The molecule has 2 aromatic carbocycles. The summed E-state index contributed by atoms with van der Waals surface area (Å²) in [6, 6.07) is 11.0. The van der Waals surface area contributed by atoms with E-state index in [0.29, 0.717) is 0 Å². The highest BCUT2D eigenvalue weighted by Crippen LogP contribution is 2.21. The van der Waals surface area contributed by atoms with E-state index in [-0.39, 0.29) is 22.8 Å². The number of phenols is 2. The number of carbonyl (C=O) groups is 1. The molecule has 0 saturated heterocycles. The maximum atomic E-state index is 11.9. The molecule has 0 atom stereocenters. The number of methoxy groups -OCH3 is 1.